The van der Waals surface area contributed by atoms with Crippen molar-refractivity contribution in [1.29, 1.82) is 5.26 Å². The highest BCUT2D eigenvalue weighted by molar-refractivity contribution is 7.99. The normalized spacial score (nSPS) is 9.09. The van der Waals surface area contributed by atoms with Crippen molar-refractivity contribution in [2.75, 3.05) is 5.75 Å². The summed E-state index contributed by atoms with van der Waals surface area (Å²) in [6.45, 7) is 2.06. The van der Waals surface area contributed by atoms with Gasteiger partial charge in [0, 0.05) is 0 Å². The van der Waals surface area contributed by atoms with E-state index in [0.717, 1.165) is 10.8 Å². The van der Waals surface area contributed by atoms with Crippen molar-refractivity contribution in [3.63, 3.8) is 0 Å². The van der Waals surface area contributed by atoms with Crippen molar-refractivity contribution in [3.05, 3.63) is 23.9 Å². The molecule has 0 aliphatic rings. The first-order valence-corrected chi connectivity index (χ1v) is 4.35. The van der Waals surface area contributed by atoms with E-state index in [0.29, 0.717) is 5.69 Å². The molecular formula is C8H8N2S. The number of hydrogen-bond donors (Lipinski definition) is 0. The van der Waals surface area contributed by atoms with E-state index in [4.69, 9.17) is 5.26 Å². The zero-order chi connectivity index (χ0) is 8.10. The van der Waals surface area contributed by atoms with Crippen LogP contribution in [0, 0.1) is 11.3 Å². The van der Waals surface area contributed by atoms with E-state index >= 15 is 0 Å². The van der Waals surface area contributed by atoms with Crippen LogP contribution in [0.25, 0.3) is 0 Å². The lowest BCUT2D eigenvalue weighted by Crippen LogP contribution is -1.84. The molecule has 0 spiro atoms. The number of hydrogen-bond acceptors (Lipinski definition) is 3. The van der Waals surface area contributed by atoms with Gasteiger partial charge in [-0.2, -0.15) is 5.26 Å². The Morgan fingerprint density at radius 2 is 2.45 bits per heavy atom. The average molecular weight is 164 g/mol. The molecule has 0 aliphatic carbocycles. The van der Waals surface area contributed by atoms with Gasteiger partial charge in [0.1, 0.15) is 11.8 Å². The van der Waals surface area contributed by atoms with Crippen LogP contribution in [0.1, 0.15) is 12.6 Å². The van der Waals surface area contributed by atoms with Crippen LogP contribution >= 0.6 is 11.8 Å². The van der Waals surface area contributed by atoms with E-state index < -0.39 is 0 Å². The van der Waals surface area contributed by atoms with Gasteiger partial charge < -0.3 is 0 Å². The lowest BCUT2D eigenvalue weighted by molar-refractivity contribution is 1.10. The Balaban J connectivity index is 2.85. The fourth-order valence-corrected chi connectivity index (χ4v) is 1.34. The minimum Gasteiger partial charge on any atom is -0.231 e. The molecule has 3 heteroatoms. The summed E-state index contributed by atoms with van der Waals surface area (Å²) in [7, 11) is 0. The molecule has 2 nitrogen and oxygen atoms in total. The Hall–Kier alpha value is -1.01. The summed E-state index contributed by atoms with van der Waals surface area (Å²) < 4.78 is 0. The summed E-state index contributed by atoms with van der Waals surface area (Å²) in [6.07, 6.45) is 0. The fraction of sp³-hybridized carbons (Fsp3) is 0.250. The molecule has 0 saturated heterocycles. The average Bonchev–Trinajstić information content (AvgIpc) is 2.06. The van der Waals surface area contributed by atoms with Crippen molar-refractivity contribution in [2.45, 2.75) is 11.9 Å². The Bertz CT molecular complexity index is 278. The highest BCUT2D eigenvalue weighted by atomic mass is 32.2. The summed E-state index contributed by atoms with van der Waals surface area (Å²) in [5.74, 6) is 0.988. The maximum Gasteiger partial charge on any atom is 0.141 e. The van der Waals surface area contributed by atoms with E-state index in [1.165, 1.54) is 0 Å². The smallest absolute Gasteiger partial charge is 0.141 e. The van der Waals surface area contributed by atoms with Crippen LogP contribution in [0.5, 0.6) is 0 Å². The Kier molecular flexibility index (Phi) is 2.94. The maximum atomic E-state index is 8.51. The van der Waals surface area contributed by atoms with Crippen molar-refractivity contribution in [2.24, 2.45) is 0 Å². The predicted octanol–water partition coefficient (Wildman–Crippen LogP) is 2.07. The molecule has 0 N–H and O–H groups in total. The van der Waals surface area contributed by atoms with E-state index in [2.05, 4.69) is 11.9 Å². The molecule has 0 bridgehead atoms. The first-order valence-electron chi connectivity index (χ1n) is 3.36. The van der Waals surface area contributed by atoms with Gasteiger partial charge in [0.25, 0.3) is 0 Å². The van der Waals surface area contributed by atoms with E-state index in [1.807, 2.05) is 18.2 Å². The monoisotopic (exact) mass is 164 g/mol. The van der Waals surface area contributed by atoms with Crippen LogP contribution in [-0.2, 0) is 0 Å². The largest absolute Gasteiger partial charge is 0.231 e. The summed E-state index contributed by atoms with van der Waals surface area (Å²) in [5, 5.41) is 9.43. The van der Waals surface area contributed by atoms with Crippen LogP contribution in [0.4, 0.5) is 0 Å². The number of rotatable bonds is 2. The highest BCUT2D eigenvalue weighted by Crippen LogP contribution is 2.13. The first kappa shape index (κ1) is 8.09. The number of aromatic nitrogens is 1. The molecule has 1 aromatic heterocycles. The second kappa shape index (κ2) is 3.99. The number of pyridine rings is 1. The summed E-state index contributed by atoms with van der Waals surface area (Å²) in [6, 6.07) is 7.47. The van der Waals surface area contributed by atoms with Crippen LogP contribution in [0.15, 0.2) is 23.2 Å². The molecule has 1 aromatic rings. The molecule has 56 valence electrons. The maximum absolute atomic E-state index is 8.51. The Morgan fingerprint density at radius 1 is 1.64 bits per heavy atom. The topological polar surface area (TPSA) is 36.7 Å². The van der Waals surface area contributed by atoms with E-state index in [1.54, 1.807) is 17.8 Å². The molecule has 0 radical (unpaired) electrons. The second-order valence-corrected chi connectivity index (χ2v) is 3.19. The third kappa shape index (κ3) is 2.24. The molecule has 0 fully saturated rings. The van der Waals surface area contributed by atoms with E-state index in [-0.39, 0.29) is 0 Å². The molecule has 0 atom stereocenters. The fourth-order valence-electron chi connectivity index (χ4n) is 0.705. The van der Waals surface area contributed by atoms with Gasteiger partial charge in [-0.1, -0.05) is 13.0 Å². The molecule has 0 aliphatic heterocycles. The molecular weight excluding hydrogens is 156 g/mol. The number of nitriles is 1. The molecule has 1 rings (SSSR count). The summed E-state index contributed by atoms with van der Waals surface area (Å²) in [4.78, 5) is 4.08. The lowest BCUT2D eigenvalue weighted by Gasteiger charge is -1.95. The Labute approximate surface area is 70.3 Å². The van der Waals surface area contributed by atoms with Crippen molar-refractivity contribution < 1.29 is 0 Å². The van der Waals surface area contributed by atoms with E-state index in [9.17, 15) is 0 Å². The number of nitrogens with zero attached hydrogens (tertiary/aromatic N) is 2. The highest BCUT2D eigenvalue weighted by Gasteiger charge is 1.94. The van der Waals surface area contributed by atoms with Gasteiger partial charge in [-0.25, -0.2) is 4.98 Å². The predicted molar refractivity (Wildman–Crippen MR) is 45.4 cm³/mol. The van der Waals surface area contributed by atoms with Crippen molar-refractivity contribution in [3.8, 4) is 6.07 Å². The van der Waals surface area contributed by atoms with Gasteiger partial charge >= 0.3 is 0 Å². The van der Waals surface area contributed by atoms with Gasteiger partial charge in [0.15, 0.2) is 0 Å². The van der Waals surface area contributed by atoms with Crippen LogP contribution in [-0.4, -0.2) is 10.7 Å². The van der Waals surface area contributed by atoms with Crippen molar-refractivity contribution >= 4 is 11.8 Å². The SMILES string of the molecule is CCSc1cccc(C#N)n1. The van der Waals surface area contributed by atoms with Crippen molar-refractivity contribution in [1.82, 2.24) is 4.98 Å². The van der Waals surface area contributed by atoms with Crippen LogP contribution in [0.2, 0.25) is 0 Å². The van der Waals surface area contributed by atoms with Gasteiger partial charge in [0.2, 0.25) is 0 Å². The molecule has 0 saturated carbocycles. The number of thioether (sulfide) groups is 1. The minimum atomic E-state index is 0.489. The van der Waals surface area contributed by atoms with Gasteiger partial charge in [0.05, 0.1) is 5.03 Å². The van der Waals surface area contributed by atoms with Gasteiger partial charge in [-0.05, 0) is 17.9 Å². The van der Waals surface area contributed by atoms with Crippen LogP contribution < -0.4 is 0 Å². The zero-order valence-corrected chi connectivity index (χ0v) is 7.06. The van der Waals surface area contributed by atoms with Gasteiger partial charge in [-0.15, -0.1) is 11.8 Å². The molecule has 0 aromatic carbocycles. The molecule has 0 unspecified atom stereocenters. The zero-order valence-electron chi connectivity index (χ0n) is 6.24. The van der Waals surface area contributed by atoms with Gasteiger partial charge in [-0.3, -0.25) is 0 Å². The molecule has 1 heterocycles. The summed E-state index contributed by atoms with van der Waals surface area (Å²) >= 11 is 1.64. The molecule has 0 amide bonds. The Morgan fingerprint density at radius 3 is 3.09 bits per heavy atom. The summed E-state index contributed by atoms with van der Waals surface area (Å²) in [5.41, 5.74) is 0.489. The molecule has 11 heavy (non-hydrogen) atoms. The van der Waals surface area contributed by atoms with Crippen LogP contribution in [0.3, 0.4) is 0 Å². The lowest BCUT2D eigenvalue weighted by atomic mass is 10.4. The quantitative estimate of drug-likeness (QED) is 0.628. The third-order valence-corrected chi connectivity index (χ3v) is 1.94. The third-order valence-electron chi connectivity index (χ3n) is 1.13. The standard InChI is InChI=1S/C8H8N2S/c1-2-11-8-5-3-4-7(6-9)10-8/h3-5H,2H2,1H3. The second-order valence-electron chi connectivity index (χ2n) is 1.91. The first-order chi connectivity index (χ1) is 5.36. The minimum absolute atomic E-state index is 0.489.